The van der Waals surface area contributed by atoms with Gasteiger partial charge in [0.05, 0.1) is 17.3 Å². The number of carbonyl (C=O) groups excluding carboxylic acids is 2. The van der Waals surface area contributed by atoms with Crippen molar-refractivity contribution < 1.29 is 19.5 Å². The van der Waals surface area contributed by atoms with E-state index in [1.54, 1.807) is 18.3 Å². The number of hydrogen-bond acceptors (Lipinski definition) is 6. The maximum Gasteiger partial charge on any atom is 0.407 e. The molecule has 0 saturated carbocycles. The Morgan fingerprint density at radius 2 is 1.93 bits per heavy atom. The average molecular weight is 391 g/mol. The van der Waals surface area contributed by atoms with E-state index in [9.17, 15) is 14.4 Å². The van der Waals surface area contributed by atoms with Gasteiger partial charge in [0.15, 0.2) is 5.69 Å². The molecule has 27 heavy (non-hydrogen) atoms. The number of fused-ring (bicyclic) bond motifs is 1. The van der Waals surface area contributed by atoms with E-state index in [1.165, 1.54) is 17.3 Å². The summed E-state index contributed by atoms with van der Waals surface area (Å²) in [5.74, 6) is 0.149. The van der Waals surface area contributed by atoms with Gasteiger partial charge in [-0.1, -0.05) is 11.6 Å². The summed E-state index contributed by atoms with van der Waals surface area (Å²) in [4.78, 5) is 47.7. The largest absolute Gasteiger partial charge is 0.465 e. The van der Waals surface area contributed by atoms with Gasteiger partial charge in [-0.3, -0.25) is 24.4 Å². The molecule has 2 aromatic heterocycles. The van der Waals surface area contributed by atoms with Gasteiger partial charge < -0.3 is 10.4 Å². The highest BCUT2D eigenvalue weighted by Crippen LogP contribution is 2.24. The van der Waals surface area contributed by atoms with Crippen LogP contribution in [-0.2, 0) is 11.3 Å². The summed E-state index contributed by atoms with van der Waals surface area (Å²) in [6.45, 7) is 1.18. The average Bonchev–Trinajstić information content (AvgIpc) is 3.00. The topological polar surface area (TPSA) is 129 Å². The zero-order chi connectivity index (χ0) is 19.4. The number of carboxylic acid groups (broad SMARTS) is 1. The van der Waals surface area contributed by atoms with Crippen molar-refractivity contribution in [3.63, 3.8) is 0 Å². The van der Waals surface area contributed by atoms with Crippen LogP contribution in [0.3, 0.4) is 0 Å². The fraction of sp³-hybridized carbons (Fsp3) is 0.250. The maximum atomic E-state index is 12.0. The highest BCUT2D eigenvalue weighted by Gasteiger charge is 2.31. The normalized spacial score (nSPS) is 15.6. The summed E-state index contributed by atoms with van der Waals surface area (Å²) in [6.07, 6.45) is 3.56. The van der Waals surface area contributed by atoms with Crippen LogP contribution in [0, 0.1) is 0 Å². The number of nitrogens with one attached hydrogen (secondary N) is 1. The number of anilines is 1. The van der Waals surface area contributed by atoms with Crippen LogP contribution in [0.2, 0.25) is 5.02 Å². The zero-order valence-corrected chi connectivity index (χ0v) is 14.8. The third kappa shape index (κ3) is 4.29. The molecule has 0 bridgehead atoms. The fourth-order valence-corrected chi connectivity index (χ4v) is 2.64. The molecule has 2 aliphatic rings. The van der Waals surface area contributed by atoms with Crippen molar-refractivity contribution in [1.82, 2.24) is 25.2 Å². The second kappa shape index (κ2) is 7.96. The van der Waals surface area contributed by atoms with Gasteiger partial charge in [-0.25, -0.2) is 14.8 Å². The Morgan fingerprint density at radius 1 is 1.15 bits per heavy atom. The molecule has 2 aromatic rings. The molecule has 0 unspecified atom stereocenters. The fourth-order valence-electron chi connectivity index (χ4n) is 2.53. The Labute approximate surface area is 158 Å². The van der Waals surface area contributed by atoms with Gasteiger partial charge in [-0.15, -0.1) is 0 Å². The van der Waals surface area contributed by atoms with Crippen molar-refractivity contribution in [1.29, 1.82) is 0 Å². The molecule has 4 heterocycles. The lowest BCUT2D eigenvalue weighted by atomic mass is 10.3. The number of pyridine rings is 1. The first kappa shape index (κ1) is 18.5. The maximum absolute atomic E-state index is 12.0. The van der Waals surface area contributed by atoms with Crippen LogP contribution < -0.4 is 10.2 Å². The van der Waals surface area contributed by atoms with Gasteiger partial charge in [0.2, 0.25) is 5.91 Å². The van der Waals surface area contributed by atoms with Crippen molar-refractivity contribution in [3.05, 3.63) is 47.1 Å². The van der Waals surface area contributed by atoms with Crippen LogP contribution in [-0.4, -0.2) is 62.5 Å². The smallest absolute Gasteiger partial charge is 0.407 e. The molecular weight excluding hydrogens is 376 g/mol. The first-order valence-electron chi connectivity index (χ1n) is 7.93. The van der Waals surface area contributed by atoms with E-state index in [0.717, 1.165) is 4.90 Å². The molecular formula is C16H15ClN6O4. The molecule has 3 amide bonds. The predicted molar refractivity (Wildman–Crippen MR) is 94.4 cm³/mol. The van der Waals surface area contributed by atoms with E-state index >= 15 is 0 Å². The van der Waals surface area contributed by atoms with E-state index in [-0.39, 0.29) is 18.4 Å². The van der Waals surface area contributed by atoms with Gasteiger partial charge in [0.1, 0.15) is 12.4 Å². The van der Waals surface area contributed by atoms with Gasteiger partial charge in [-0.05, 0) is 12.1 Å². The number of nitrogens with zero attached hydrogens (tertiary/aromatic N) is 5. The number of aromatic nitrogens is 3. The summed E-state index contributed by atoms with van der Waals surface area (Å²) in [5, 5.41) is 11.5. The minimum Gasteiger partial charge on any atom is -0.465 e. The molecule has 1 saturated heterocycles. The Kier molecular flexibility index (Phi) is 5.46. The van der Waals surface area contributed by atoms with Crippen molar-refractivity contribution in [2.75, 3.05) is 24.5 Å². The second-order valence-electron chi connectivity index (χ2n) is 5.63. The van der Waals surface area contributed by atoms with E-state index in [1.807, 2.05) is 0 Å². The van der Waals surface area contributed by atoms with Crippen LogP contribution in [0.4, 0.5) is 10.6 Å². The number of piperazine rings is 1. The lowest BCUT2D eigenvalue weighted by Crippen LogP contribution is -2.49. The monoisotopic (exact) mass is 390 g/mol. The number of rotatable bonds is 1. The minimum atomic E-state index is -1.03. The molecule has 11 heteroatoms. The van der Waals surface area contributed by atoms with Crippen LogP contribution in [0.25, 0.3) is 0 Å². The Morgan fingerprint density at radius 3 is 2.52 bits per heavy atom. The SMILES string of the molecule is O=C1CN(C(=O)O)CCN1.O=C1c2nccnc2CN1c1ccc(Cl)cn1. The van der Waals surface area contributed by atoms with Crippen molar-refractivity contribution in [3.8, 4) is 0 Å². The van der Waals surface area contributed by atoms with E-state index in [4.69, 9.17) is 16.7 Å². The van der Waals surface area contributed by atoms with Crippen LogP contribution in [0.15, 0.2) is 30.7 Å². The number of hydrogen-bond donors (Lipinski definition) is 2. The van der Waals surface area contributed by atoms with Crippen LogP contribution >= 0.6 is 11.6 Å². The standard InChI is InChI=1S/C11H7ClN4O.C5H8N2O3/c12-7-1-2-9(15-5-7)16-6-8-10(11(16)17)14-4-3-13-8;8-4-3-7(5(9)10)2-1-6-4/h1-5H,6H2;1-3H2,(H,6,8)(H,9,10). The highest BCUT2D eigenvalue weighted by atomic mass is 35.5. The van der Waals surface area contributed by atoms with Crippen LogP contribution in [0.5, 0.6) is 0 Å². The summed E-state index contributed by atoms with van der Waals surface area (Å²) in [6, 6.07) is 3.40. The summed E-state index contributed by atoms with van der Waals surface area (Å²) in [5.41, 5.74) is 1.07. The first-order chi connectivity index (χ1) is 13.0. The van der Waals surface area contributed by atoms with Gasteiger partial charge in [-0.2, -0.15) is 0 Å². The highest BCUT2D eigenvalue weighted by molar-refractivity contribution is 6.30. The van der Waals surface area contributed by atoms with Crippen molar-refractivity contribution in [2.45, 2.75) is 6.54 Å². The molecule has 0 spiro atoms. The summed E-state index contributed by atoms with van der Waals surface area (Å²) < 4.78 is 0. The molecule has 2 aliphatic heterocycles. The van der Waals surface area contributed by atoms with Crippen LogP contribution in [0.1, 0.15) is 16.2 Å². The molecule has 0 radical (unpaired) electrons. The van der Waals surface area contributed by atoms with E-state index < -0.39 is 6.09 Å². The number of halogens is 1. The molecule has 1 fully saturated rings. The third-order valence-electron chi connectivity index (χ3n) is 3.83. The molecule has 140 valence electrons. The molecule has 2 N–H and O–H groups in total. The van der Waals surface area contributed by atoms with Crippen molar-refractivity contribution >= 4 is 35.3 Å². The first-order valence-corrected chi connectivity index (χ1v) is 8.31. The lowest BCUT2D eigenvalue weighted by molar-refractivity contribution is -0.123. The Balaban J connectivity index is 0.000000180. The number of carbonyl (C=O) groups is 3. The third-order valence-corrected chi connectivity index (χ3v) is 4.05. The second-order valence-corrected chi connectivity index (χ2v) is 6.07. The predicted octanol–water partition coefficient (Wildman–Crippen LogP) is 0.782. The van der Waals surface area contributed by atoms with E-state index in [2.05, 4.69) is 20.3 Å². The quantitative estimate of drug-likeness (QED) is 0.736. The number of amides is 3. The summed E-state index contributed by atoms with van der Waals surface area (Å²) in [7, 11) is 0. The van der Waals surface area contributed by atoms with Crippen molar-refractivity contribution in [2.24, 2.45) is 0 Å². The minimum absolute atomic E-state index is 0.0324. The molecule has 0 aromatic carbocycles. The Bertz CT molecular complexity index is 873. The van der Waals surface area contributed by atoms with Gasteiger partial charge in [0.25, 0.3) is 5.91 Å². The summed E-state index contributed by atoms with van der Waals surface area (Å²) >= 11 is 5.75. The Hall–Kier alpha value is -3.27. The lowest BCUT2D eigenvalue weighted by Gasteiger charge is -2.23. The zero-order valence-electron chi connectivity index (χ0n) is 14.0. The molecule has 0 aliphatic carbocycles. The molecule has 10 nitrogen and oxygen atoms in total. The molecule has 0 atom stereocenters. The van der Waals surface area contributed by atoms with Gasteiger partial charge >= 0.3 is 6.09 Å². The molecule has 4 rings (SSSR count). The van der Waals surface area contributed by atoms with Gasteiger partial charge in [0, 0.05) is 31.7 Å². The van der Waals surface area contributed by atoms with E-state index in [0.29, 0.717) is 41.9 Å².